The van der Waals surface area contributed by atoms with E-state index in [9.17, 15) is 9.59 Å². The zero-order valence-corrected chi connectivity index (χ0v) is 11.9. The third-order valence-corrected chi connectivity index (χ3v) is 2.91. The Bertz CT molecular complexity index is 781. The third kappa shape index (κ3) is 5.05. The van der Waals surface area contributed by atoms with Gasteiger partial charge in [-0.15, -0.1) is 0 Å². The van der Waals surface area contributed by atoms with Crippen LogP contribution in [0.2, 0.25) is 0 Å². The van der Waals surface area contributed by atoms with Gasteiger partial charge in [0.2, 0.25) is 0 Å². The number of carbonyl (C=O) groups excluding carboxylic acids is 3. The average molecular weight is 309 g/mol. The molecule has 2 aromatic rings. The lowest BCUT2D eigenvalue weighted by Gasteiger charge is -2.05. The van der Waals surface area contributed by atoms with E-state index < -0.39 is 5.97 Å². The molecule has 0 spiro atoms. The molecule has 0 fully saturated rings. The Morgan fingerprint density at radius 3 is 1.96 bits per heavy atom. The molecule has 0 atom stereocenters. The highest BCUT2D eigenvalue weighted by Crippen LogP contribution is 2.13. The van der Waals surface area contributed by atoms with E-state index in [0.717, 1.165) is 5.56 Å². The van der Waals surface area contributed by atoms with E-state index in [2.05, 4.69) is 0 Å². The van der Waals surface area contributed by atoms with Crippen molar-refractivity contribution in [2.45, 2.75) is 6.42 Å². The first-order valence-electron chi connectivity index (χ1n) is 6.37. The molecular weight excluding hydrogens is 298 g/mol. The van der Waals surface area contributed by atoms with Crippen LogP contribution in [0.5, 0.6) is 0 Å². The van der Waals surface area contributed by atoms with Gasteiger partial charge in [0.15, 0.2) is 5.78 Å². The zero-order valence-electron chi connectivity index (χ0n) is 11.9. The number of carbonyl (C=O) groups is 2. The van der Waals surface area contributed by atoms with Gasteiger partial charge in [0.1, 0.15) is 0 Å². The van der Waals surface area contributed by atoms with E-state index in [0.29, 0.717) is 5.56 Å². The molecule has 0 unspecified atom stereocenters. The number of hydrogen-bond acceptors (Lipinski definition) is 5. The molecule has 0 aliphatic heterocycles. The molecule has 2 aromatic carbocycles. The standard InChI is InChI=1S/C16H11NO3.CO2/c17-10-12-7-5-11(6-8-12)9-15(18)13-3-1-2-4-14(13)16(19)20;2-1-3/h1-8H,9H2,(H,19,20);. The van der Waals surface area contributed by atoms with E-state index in [1.54, 1.807) is 36.4 Å². The molecule has 0 aliphatic carbocycles. The van der Waals surface area contributed by atoms with Crippen LogP contribution in [0.4, 0.5) is 0 Å². The lowest BCUT2D eigenvalue weighted by atomic mass is 9.98. The van der Waals surface area contributed by atoms with Crippen molar-refractivity contribution in [3.8, 4) is 6.07 Å². The van der Waals surface area contributed by atoms with E-state index in [1.165, 1.54) is 12.1 Å². The van der Waals surface area contributed by atoms with Gasteiger partial charge in [0.25, 0.3) is 0 Å². The maximum absolute atomic E-state index is 12.2. The fourth-order valence-electron chi connectivity index (χ4n) is 1.89. The molecule has 0 amide bonds. The summed E-state index contributed by atoms with van der Waals surface area (Å²) in [4.78, 5) is 39.5. The number of rotatable bonds is 4. The summed E-state index contributed by atoms with van der Waals surface area (Å²) in [5.74, 6) is -1.37. The predicted octanol–water partition coefficient (Wildman–Crippen LogP) is 2.10. The Labute approximate surface area is 131 Å². The van der Waals surface area contributed by atoms with Gasteiger partial charge in [0.05, 0.1) is 17.2 Å². The molecule has 0 aromatic heterocycles. The van der Waals surface area contributed by atoms with Crippen LogP contribution in [0.3, 0.4) is 0 Å². The number of Topliss-reactive ketones (excluding diaryl/α,β-unsaturated/α-hetero) is 1. The van der Waals surface area contributed by atoms with Crippen LogP contribution in [0.25, 0.3) is 0 Å². The number of nitrogens with zero attached hydrogens (tertiary/aromatic N) is 1. The first kappa shape index (κ1) is 17.5. The van der Waals surface area contributed by atoms with Gasteiger partial charge in [0, 0.05) is 12.0 Å². The lowest BCUT2D eigenvalue weighted by molar-refractivity contribution is -0.191. The second-order valence-corrected chi connectivity index (χ2v) is 4.34. The lowest BCUT2D eigenvalue weighted by Crippen LogP contribution is -2.10. The smallest absolute Gasteiger partial charge is 0.373 e. The number of ketones is 1. The molecule has 0 aliphatic rings. The van der Waals surface area contributed by atoms with Crippen molar-refractivity contribution >= 4 is 17.9 Å². The summed E-state index contributed by atoms with van der Waals surface area (Å²) in [6.45, 7) is 0. The number of aromatic carboxylic acids is 1. The van der Waals surface area contributed by atoms with Gasteiger partial charge < -0.3 is 5.11 Å². The van der Waals surface area contributed by atoms with Gasteiger partial charge in [-0.2, -0.15) is 14.9 Å². The molecule has 23 heavy (non-hydrogen) atoms. The molecule has 0 saturated heterocycles. The van der Waals surface area contributed by atoms with Crippen molar-refractivity contribution in [2.75, 3.05) is 0 Å². The first-order valence-corrected chi connectivity index (χ1v) is 6.37. The number of carboxylic acid groups (broad SMARTS) is 1. The Hall–Kier alpha value is -3.55. The molecule has 114 valence electrons. The minimum absolute atomic E-state index is 0.00569. The average Bonchev–Trinajstić information content (AvgIpc) is 2.56. The first-order chi connectivity index (χ1) is 11.0. The van der Waals surface area contributed by atoms with Gasteiger partial charge >= 0.3 is 12.1 Å². The Morgan fingerprint density at radius 2 is 1.48 bits per heavy atom. The summed E-state index contributed by atoms with van der Waals surface area (Å²) < 4.78 is 0. The van der Waals surface area contributed by atoms with Crippen molar-refractivity contribution in [3.63, 3.8) is 0 Å². The van der Waals surface area contributed by atoms with E-state index in [1.807, 2.05) is 6.07 Å². The van der Waals surface area contributed by atoms with Crippen LogP contribution in [0.1, 0.15) is 31.8 Å². The summed E-state index contributed by atoms with van der Waals surface area (Å²) in [7, 11) is 0. The van der Waals surface area contributed by atoms with Crippen LogP contribution in [0.15, 0.2) is 48.5 Å². The molecule has 0 radical (unpaired) electrons. The molecule has 1 N–H and O–H groups in total. The molecule has 2 rings (SSSR count). The third-order valence-electron chi connectivity index (χ3n) is 2.91. The highest BCUT2D eigenvalue weighted by atomic mass is 16.4. The molecule has 0 heterocycles. The normalized spacial score (nSPS) is 8.83. The van der Waals surface area contributed by atoms with Crippen molar-refractivity contribution in [2.24, 2.45) is 0 Å². The summed E-state index contributed by atoms with van der Waals surface area (Å²) in [5.41, 5.74) is 1.47. The molecule has 6 heteroatoms. The van der Waals surface area contributed by atoms with Crippen LogP contribution < -0.4 is 0 Å². The van der Waals surface area contributed by atoms with Crippen molar-refractivity contribution in [3.05, 3.63) is 70.8 Å². The second-order valence-electron chi connectivity index (χ2n) is 4.34. The molecule has 0 bridgehead atoms. The number of nitriles is 1. The van der Waals surface area contributed by atoms with Crippen molar-refractivity contribution in [1.82, 2.24) is 0 Å². The van der Waals surface area contributed by atoms with Crippen LogP contribution in [-0.2, 0) is 16.0 Å². The van der Waals surface area contributed by atoms with Gasteiger partial charge in [-0.1, -0.05) is 30.3 Å². The van der Waals surface area contributed by atoms with E-state index >= 15 is 0 Å². The zero-order chi connectivity index (χ0) is 17.2. The Morgan fingerprint density at radius 1 is 0.957 bits per heavy atom. The molecule has 0 saturated carbocycles. The summed E-state index contributed by atoms with van der Waals surface area (Å²) in [6.07, 6.45) is 0.357. The van der Waals surface area contributed by atoms with E-state index in [-0.39, 0.29) is 29.5 Å². The highest BCUT2D eigenvalue weighted by molar-refractivity contribution is 6.06. The maximum atomic E-state index is 12.2. The van der Waals surface area contributed by atoms with Crippen LogP contribution >= 0.6 is 0 Å². The number of benzene rings is 2. The topological polar surface area (TPSA) is 112 Å². The quantitative estimate of drug-likeness (QED) is 0.865. The van der Waals surface area contributed by atoms with Gasteiger partial charge in [-0.25, -0.2) is 4.79 Å². The highest BCUT2D eigenvalue weighted by Gasteiger charge is 2.15. The van der Waals surface area contributed by atoms with Gasteiger partial charge in [-0.05, 0) is 23.8 Å². The Kier molecular flexibility index (Phi) is 6.60. The summed E-state index contributed by atoms with van der Waals surface area (Å²) in [6, 6.07) is 14.8. The molecular formula is C17H11NO5. The Balaban J connectivity index is 0.000000816. The maximum Gasteiger partial charge on any atom is 0.373 e. The van der Waals surface area contributed by atoms with E-state index in [4.69, 9.17) is 20.0 Å². The monoisotopic (exact) mass is 309 g/mol. The van der Waals surface area contributed by atoms with Crippen LogP contribution in [0, 0.1) is 11.3 Å². The van der Waals surface area contributed by atoms with Crippen molar-refractivity contribution < 1.29 is 24.3 Å². The largest absolute Gasteiger partial charge is 0.478 e. The predicted molar refractivity (Wildman–Crippen MR) is 77.6 cm³/mol. The minimum Gasteiger partial charge on any atom is -0.478 e. The summed E-state index contributed by atoms with van der Waals surface area (Å²) in [5, 5.41) is 17.8. The van der Waals surface area contributed by atoms with Crippen molar-refractivity contribution in [1.29, 1.82) is 5.26 Å². The number of hydrogen-bond donors (Lipinski definition) is 1. The van der Waals surface area contributed by atoms with Crippen LogP contribution in [-0.4, -0.2) is 23.0 Å². The summed E-state index contributed by atoms with van der Waals surface area (Å²) >= 11 is 0. The van der Waals surface area contributed by atoms with Gasteiger partial charge in [-0.3, -0.25) is 4.79 Å². The SMILES string of the molecule is N#Cc1ccc(CC(=O)c2ccccc2C(=O)O)cc1.O=C=O. The second kappa shape index (κ2) is 8.67. The molecule has 6 nitrogen and oxygen atoms in total. The fraction of sp³-hybridized carbons (Fsp3) is 0.0588. The number of carboxylic acids is 1. The minimum atomic E-state index is -1.12. The fourth-order valence-corrected chi connectivity index (χ4v) is 1.89.